The zero-order valence-electron chi connectivity index (χ0n) is 12.6. The highest BCUT2D eigenvalue weighted by molar-refractivity contribution is 5.92. The first-order chi connectivity index (χ1) is 11.3. The molecule has 0 N–H and O–H groups in total. The summed E-state index contributed by atoms with van der Waals surface area (Å²) in [7, 11) is 0. The fourth-order valence-corrected chi connectivity index (χ4v) is 2.57. The number of hydrogen-bond acceptors (Lipinski definition) is 6. The Balaban J connectivity index is 1.67. The van der Waals surface area contributed by atoms with E-state index >= 15 is 0 Å². The van der Waals surface area contributed by atoms with E-state index in [-0.39, 0.29) is 5.91 Å². The number of rotatable bonds is 2. The number of aromatic nitrogens is 3. The van der Waals surface area contributed by atoms with Crippen molar-refractivity contribution in [2.75, 3.05) is 31.1 Å². The minimum atomic E-state index is -0.0676. The molecule has 2 aromatic rings. The molecule has 116 valence electrons. The number of anilines is 1. The fraction of sp³-hybridized carbons (Fsp3) is 0.312. The molecule has 7 nitrogen and oxygen atoms in total. The Morgan fingerprint density at radius 1 is 1.13 bits per heavy atom. The molecule has 3 heterocycles. The summed E-state index contributed by atoms with van der Waals surface area (Å²) >= 11 is 0. The van der Waals surface area contributed by atoms with Crippen molar-refractivity contribution in [3.8, 4) is 6.07 Å². The van der Waals surface area contributed by atoms with E-state index in [1.165, 1.54) is 6.33 Å². The maximum atomic E-state index is 12.4. The Kier molecular flexibility index (Phi) is 4.43. The Morgan fingerprint density at radius 2 is 2.04 bits per heavy atom. The zero-order chi connectivity index (χ0) is 16.1. The minimum absolute atomic E-state index is 0.0676. The molecule has 0 saturated carbocycles. The van der Waals surface area contributed by atoms with Crippen molar-refractivity contribution in [2.45, 2.75) is 6.42 Å². The minimum Gasteiger partial charge on any atom is -0.355 e. The van der Waals surface area contributed by atoms with Gasteiger partial charge in [0.05, 0.1) is 5.56 Å². The SMILES string of the molecule is N#Cc1ccc(N2CCCN(C(=O)c3ccncn3)CC2)nc1. The highest BCUT2D eigenvalue weighted by Crippen LogP contribution is 2.15. The van der Waals surface area contributed by atoms with Crippen LogP contribution in [0.3, 0.4) is 0 Å². The zero-order valence-corrected chi connectivity index (χ0v) is 12.6. The fourth-order valence-electron chi connectivity index (χ4n) is 2.57. The lowest BCUT2D eigenvalue weighted by atomic mass is 10.3. The first kappa shape index (κ1) is 14.9. The largest absolute Gasteiger partial charge is 0.355 e. The van der Waals surface area contributed by atoms with Crippen molar-refractivity contribution >= 4 is 11.7 Å². The smallest absolute Gasteiger partial charge is 0.272 e. The maximum Gasteiger partial charge on any atom is 0.272 e. The molecule has 0 unspecified atom stereocenters. The molecule has 2 aromatic heterocycles. The summed E-state index contributed by atoms with van der Waals surface area (Å²) in [5.41, 5.74) is 0.967. The third-order valence-electron chi connectivity index (χ3n) is 3.79. The molecule has 23 heavy (non-hydrogen) atoms. The van der Waals surface area contributed by atoms with Crippen molar-refractivity contribution in [3.05, 3.63) is 48.2 Å². The van der Waals surface area contributed by atoms with Gasteiger partial charge in [0.25, 0.3) is 5.91 Å². The third-order valence-corrected chi connectivity index (χ3v) is 3.79. The molecule has 1 aliphatic heterocycles. The summed E-state index contributed by atoms with van der Waals surface area (Å²) in [5.74, 6) is 0.766. The van der Waals surface area contributed by atoms with E-state index in [0.29, 0.717) is 30.9 Å². The van der Waals surface area contributed by atoms with Crippen LogP contribution in [-0.2, 0) is 0 Å². The maximum absolute atomic E-state index is 12.4. The van der Waals surface area contributed by atoms with E-state index in [1.807, 2.05) is 11.0 Å². The van der Waals surface area contributed by atoms with Crippen molar-refractivity contribution < 1.29 is 4.79 Å². The van der Waals surface area contributed by atoms with Gasteiger partial charge in [-0.2, -0.15) is 5.26 Å². The Morgan fingerprint density at radius 3 is 2.74 bits per heavy atom. The van der Waals surface area contributed by atoms with Crippen molar-refractivity contribution in [1.29, 1.82) is 5.26 Å². The summed E-state index contributed by atoms with van der Waals surface area (Å²) < 4.78 is 0. The van der Waals surface area contributed by atoms with E-state index < -0.39 is 0 Å². The van der Waals surface area contributed by atoms with Gasteiger partial charge in [-0.25, -0.2) is 15.0 Å². The van der Waals surface area contributed by atoms with Gasteiger partial charge in [-0.05, 0) is 24.6 Å². The predicted octanol–water partition coefficient (Wildman–Crippen LogP) is 1.10. The number of nitrogens with zero attached hydrogens (tertiary/aromatic N) is 6. The molecule has 0 aliphatic carbocycles. The van der Waals surface area contributed by atoms with Crippen LogP contribution >= 0.6 is 0 Å². The van der Waals surface area contributed by atoms with E-state index in [1.54, 1.807) is 24.5 Å². The molecule has 0 aromatic carbocycles. The summed E-state index contributed by atoms with van der Waals surface area (Å²) in [6, 6.07) is 7.30. The standard InChI is InChI=1S/C16H16N6O/c17-10-13-2-3-15(19-11-13)21-6-1-7-22(9-8-21)16(23)14-4-5-18-12-20-14/h2-5,11-12H,1,6-9H2. The topological polar surface area (TPSA) is 86.0 Å². The molecule has 0 radical (unpaired) electrons. The van der Waals surface area contributed by atoms with Crippen LogP contribution in [0.15, 0.2) is 36.9 Å². The van der Waals surface area contributed by atoms with Gasteiger partial charge in [0, 0.05) is 38.6 Å². The number of pyridine rings is 1. The van der Waals surface area contributed by atoms with Gasteiger partial charge in [-0.3, -0.25) is 4.79 Å². The second-order valence-electron chi connectivity index (χ2n) is 5.24. The van der Waals surface area contributed by atoms with Crippen LogP contribution < -0.4 is 4.90 Å². The van der Waals surface area contributed by atoms with Crippen molar-refractivity contribution in [1.82, 2.24) is 19.9 Å². The lowest BCUT2D eigenvalue weighted by Gasteiger charge is -2.22. The van der Waals surface area contributed by atoms with Crippen LogP contribution in [0.25, 0.3) is 0 Å². The molecule has 0 spiro atoms. The van der Waals surface area contributed by atoms with Crippen LogP contribution in [0.2, 0.25) is 0 Å². The van der Waals surface area contributed by atoms with Crippen molar-refractivity contribution in [2.24, 2.45) is 0 Å². The Bertz CT molecular complexity index is 710. The Hall–Kier alpha value is -3.01. The van der Waals surface area contributed by atoms with Crippen molar-refractivity contribution in [3.63, 3.8) is 0 Å². The van der Waals surface area contributed by atoms with Crippen LogP contribution in [0.4, 0.5) is 5.82 Å². The van der Waals surface area contributed by atoms with Gasteiger partial charge in [0.2, 0.25) is 0 Å². The number of hydrogen-bond donors (Lipinski definition) is 0. The predicted molar refractivity (Wildman–Crippen MR) is 83.7 cm³/mol. The van der Waals surface area contributed by atoms with Crippen LogP contribution in [0.1, 0.15) is 22.5 Å². The molecular formula is C16H16N6O. The van der Waals surface area contributed by atoms with Gasteiger partial charge in [-0.1, -0.05) is 0 Å². The number of carbonyl (C=O) groups is 1. The summed E-state index contributed by atoms with van der Waals surface area (Å²) in [5, 5.41) is 8.83. The van der Waals surface area contributed by atoms with Crippen LogP contribution in [0.5, 0.6) is 0 Å². The van der Waals surface area contributed by atoms with Gasteiger partial charge >= 0.3 is 0 Å². The summed E-state index contributed by atoms with van der Waals surface area (Å²) in [6.07, 6.45) is 5.39. The van der Waals surface area contributed by atoms with E-state index in [2.05, 4.69) is 25.9 Å². The molecule has 1 saturated heterocycles. The lowest BCUT2D eigenvalue weighted by Crippen LogP contribution is -2.35. The number of amides is 1. The number of nitriles is 1. The van der Waals surface area contributed by atoms with E-state index in [9.17, 15) is 4.79 Å². The second kappa shape index (κ2) is 6.83. The molecule has 1 fully saturated rings. The van der Waals surface area contributed by atoms with Gasteiger partial charge in [-0.15, -0.1) is 0 Å². The van der Waals surface area contributed by atoms with E-state index in [4.69, 9.17) is 5.26 Å². The molecule has 1 aliphatic rings. The summed E-state index contributed by atoms with van der Waals surface area (Å²) in [6.45, 7) is 2.84. The third kappa shape index (κ3) is 3.43. The Labute approximate surface area is 134 Å². The highest BCUT2D eigenvalue weighted by atomic mass is 16.2. The quantitative estimate of drug-likeness (QED) is 0.825. The molecule has 3 rings (SSSR count). The lowest BCUT2D eigenvalue weighted by molar-refractivity contribution is 0.0761. The normalized spacial score (nSPS) is 14.9. The molecule has 0 bridgehead atoms. The summed E-state index contributed by atoms with van der Waals surface area (Å²) in [4.78, 5) is 28.6. The average Bonchev–Trinajstić information content (AvgIpc) is 2.88. The second-order valence-corrected chi connectivity index (χ2v) is 5.24. The highest BCUT2D eigenvalue weighted by Gasteiger charge is 2.21. The van der Waals surface area contributed by atoms with Crippen LogP contribution in [-0.4, -0.2) is 51.9 Å². The van der Waals surface area contributed by atoms with Gasteiger partial charge < -0.3 is 9.80 Å². The average molecular weight is 308 g/mol. The molecule has 0 atom stereocenters. The molecule has 7 heteroatoms. The monoisotopic (exact) mass is 308 g/mol. The molecular weight excluding hydrogens is 292 g/mol. The first-order valence-electron chi connectivity index (χ1n) is 7.44. The van der Waals surface area contributed by atoms with Gasteiger partial charge in [0.1, 0.15) is 23.9 Å². The number of carbonyl (C=O) groups excluding carboxylic acids is 1. The first-order valence-corrected chi connectivity index (χ1v) is 7.44. The van der Waals surface area contributed by atoms with E-state index in [0.717, 1.165) is 18.8 Å². The van der Waals surface area contributed by atoms with Gasteiger partial charge in [0.15, 0.2) is 0 Å². The molecule has 1 amide bonds. The van der Waals surface area contributed by atoms with Crippen LogP contribution in [0, 0.1) is 11.3 Å².